The third-order valence-electron chi connectivity index (χ3n) is 3.56. The highest BCUT2D eigenvalue weighted by Crippen LogP contribution is 2.26. The van der Waals surface area contributed by atoms with Crippen LogP contribution in [0.1, 0.15) is 31.9 Å². The van der Waals surface area contributed by atoms with Gasteiger partial charge in [0.15, 0.2) is 0 Å². The SMILES string of the molecule is CCN(CCOC(C)=O)CC(=O)Nc1c(C)cc(OC(C)=O)cc1C. The van der Waals surface area contributed by atoms with Gasteiger partial charge in [0.25, 0.3) is 0 Å². The quantitative estimate of drug-likeness (QED) is 0.570. The maximum atomic E-state index is 12.3. The van der Waals surface area contributed by atoms with Crippen molar-refractivity contribution in [2.45, 2.75) is 34.6 Å². The maximum absolute atomic E-state index is 12.3. The molecule has 1 aromatic rings. The highest BCUT2D eigenvalue weighted by atomic mass is 16.5. The number of ether oxygens (including phenoxy) is 2. The fraction of sp³-hybridized carbons (Fsp3) is 0.500. The molecular formula is C18H26N2O5. The second-order valence-corrected chi connectivity index (χ2v) is 5.78. The second-order valence-electron chi connectivity index (χ2n) is 5.78. The van der Waals surface area contributed by atoms with E-state index in [4.69, 9.17) is 9.47 Å². The van der Waals surface area contributed by atoms with Crippen LogP contribution in [0.3, 0.4) is 0 Å². The number of nitrogens with one attached hydrogen (secondary N) is 1. The van der Waals surface area contributed by atoms with Gasteiger partial charge in [0.2, 0.25) is 5.91 Å². The van der Waals surface area contributed by atoms with Crippen molar-refractivity contribution >= 4 is 23.5 Å². The number of benzene rings is 1. The Balaban J connectivity index is 2.69. The molecule has 138 valence electrons. The lowest BCUT2D eigenvalue weighted by molar-refractivity contribution is -0.141. The van der Waals surface area contributed by atoms with Gasteiger partial charge in [-0.25, -0.2) is 0 Å². The van der Waals surface area contributed by atoms with Crippen molar-refractivity contribution < 1.29 is 23.9 Å². The lowest BCUT2D eigenvalue weighted by Crippen LogP contribution is -2.35. The van der Waals surface area contributed by atoms with Gasteiger partial charge in [-0.1, -0.05) is 6.92 Å². The summed E-state index contributed by atoms with van der Waals surface area (Å²) < 4.78 is 9.98. The van der Waals surface area contributed by atoms with Crippen LogP contribution < -0.4 is 10.1 Å². The van der Waals surface area contributed by atoms with Crippen LogP contribution in [0.15, 0.2) is 12.1 Å². The van der Waals surface area contributed by atoms with E-state index in [1.807, 2.05) is 25.7 Å². The molecule has 0 spiro atoms. The van der Waals surface area contributed by atoms with Gasteiger partial charge >= 0.3 is 11.9 Å². The molecule has 0 unspecified atom stereocenters. The van der Waals surface area contributed by atoms with Crippen LogP contribution in [-0.4, -0.2) is 49.0 Å². The van der Waals surface area contributed by atoms with Crippen LogP contribution in [0.4, 0.5) is 5.69 Å². The zero-order valence-corrected chi connectivity index (χ0v) is 15.5. The van der Waals surface area contributed by atoms with E-state index in [0.29, 0.717) is 24.5 Å². The maximum Gasteiger partial charge on any atom is 0.308 e. The van der Waals surface area contributed by atoms with Gasteiger partial charge in [0.05, 0.1) is 6.54 Å². The average Bonchev–Trinajstić information content (AvgIpc) is 2.49. The highest BCUT2D eigenvalue weighted by molar-refractivity contribution is 5.94. The number of rotatable bonds is 8. The normalized spacial score (nSPS) is 10.5. The molecule has 7 nitrogen and oxygen atoms in total. The number of anilines is 1. The van der Waals surface area contributed by atoms with Gasteiger partial charge in [-0.3, -0.25) is 19.3 Å². The van der Waals surface area contributed by atoms with E-state index < -0.39 is 0 Å². The highest BCUT2D eigenvalue weighted by Gasteiger charge is 2.13. The van der Waals surface area contributed by atoms with Crippen molar-refractivity contribution in [3.63, 3.8) is 0 Å². The second kappa shape index (κ2) is 9.78. The Kier molecular flexibility index (Phi) is 8.07. The molecule has 0 saturated heterocycles. The van der Waals surface area contributed by atoms with E-state index in [1.54, 1.807) is 12.1 Å². The van der Waals surface area contributed by atoms with E-state index >= 15 is 0 Å². The van der Waals surface area contributed by atoms with Crippen molar-refractivity contribution in [1.82, 2.24) is 4.90 Å². The Morgan fingerprint density at radius 3 is 2.16 bits per heavy atom. The third kappa shape index (κ3) is 7.34. The molecule has 0 aliphatic heterocycles. The molecule has 0 bridgehead atoms. The lowest BCUT2D eigenvalue weighted by atomic mass is 10.1. The molecule has 1 rings (SSSR count). The molecule has 0 atom stereocenters. The molecule has 7 heteroatoms. The van der Waals surface area contributed by atoms with Gasteiger partial charge in [0.1, 0.15) is 12.4 Å². The molecule has 0 aromatic heterocycles. The fourth-order valence-corrected chi connectivity index (χ4v) is 2.40. The molecule has 0 fully saturated rings. The van der Waals surface area contributed by atoms with Gasteiger partial charge < -0.3 is 14.8 Å². The van der Waals surface area contributed by atoms with Gasteiger partial charge in [0, 0.05) is 26.1 Å². The monoisotopic (exact) mass is 350 g/mol. The third-order valence-corrected chi connectivity index (χ3v) is 3.56. The molecule has 0 heterocycles. The minimum Gasteiger partial charge on any atom is -0.465 e. The van der Waals surface area contributed by atoms with Crippen molar-refractivity contribution in [2.24, 2.45) is 0 Å². The number of carbonyl (C=O) groups excluding carboxylic acids is 3. The van der Waals surface area contributed by atoms with E-state index in [-0.39, 0.29) is 31.0 Å². The van der Waals surface area contributed by atoms with E-state index in [2.05, 4.69) is 5.32 Å². The number of nitrogens with zero attached hydrogens (tertiary/aromatic N) is 1. The summed E-state index contributed by atoms with van der Waals surface area (Å²) in [6.45, 7) is 9.93. The first-order valence-electron chi connectivity index (χ1n) is 8.18. The molecule has 1 amide bonds. The van der Waals surface area contributed by atoms with E-state index in [1.165, 1.54) is 13.8 Å². The topological polar surface area (TPSA) is 84.9 Å². The summed E-state index contributed by atoms with van der Waals surface area (Å²) >= 11 is 0. The van der Waals surface area contributed by atoms with Gasteiger partial charge in [-0.2, -0.15) is 0 Å². The standard InChI is InChI=1S/C18H26N2O5/c1-6-20(7-8-24-14(4)21)11-17(23)19-18-12(2)9-16(10-13(18)3)25-15(5)22/h9-10H,6-8,11H2,1-5H3,(H,19,23). The van der Waals surface area contributed by atoms with Crippen LogP contribution >= 0.6 is 0 Å². The van der Waals surface area contributed by atoms with E-state index in [0.717, 1.165) is 11.1 Å². The summed E-state index contributed by atoms with van der Waals surface area (Å²) in [7, 11) is 0. The predicted octanol–water partition coefficient (Wildman–Crippen LogP) is 2.05. The lowest BCUT2D eigenvalue weighted by Gasteiger charge is -2.20. The Morgan fingerprint density at radius 1 is 1.08 bits per heavy atom. The first kappa shape index (κ1) is 20.6. The minimum atomic E-state index is -0.387. The van der Waals surface area contributed by atoms with Crippen LogP contribution in [0.2, 0.25) is 0 Å². The molecule has 0 aliphatic carbocycles. The summed E-state index contributed by atoms with van der Waals surface area (Å²) in [6, 6.07) is 3.42. The first-order valence-corrected chi connectivity index (χ1v) is 8.18. The van der Waals surface area contributed by atoms with Crippen LogP contribution in [0.25, 0.3) is 0 Å². The smallest absolute Gasteiger partial charge is 0.308 e. The molecule has 0 radical (unpaired) electrons. The van der Waals surface area contributed by atoms with Crippen LogP contribution in [0, 0.1) is 13.8 Å². The molecular weight excluding hydrogens is 324 g/mol. The van der Waals surface area contributed by atoms with Crippen molar-refractivity contribution in [3.8, 4) is 5.75 Å². The zero-order chi connectivity index (χ0) is 19.0. The number of aryl methyl sites for hydroxylation is 2. The molecule has 1 aromatic carbocycles. The number of hydrogen-bond acceptors (Lipinski definition) is 6. The number of amides is 1. The number of carbonyl (C=O) groups is 3. The van der Waals surface area contributed by atoms with Crippen molar-refractivity contribution in [2.75, 3.05) is 31.6 Å². The molecule has 0 saturated carbocycles. The summed E-state index contributed by atoms with van der Waals surface area (Å²) in [5.41, 5.74) is 2.33. The zero-order valence-electron chi connectivity index (χ0n) is 15.5. The molecule has 1 N–H and O–H groups in total. The van der Waals surface area contributed by atoms with Crippen LogP contribution in [-0.2, 0) is 19.1 Å². The Morgan fingerprint density at radius 2 is 1.68 bits per heavy atom. The van der Waals surface area contributed by atoms with E-state index in [9.17, 15) is 14.4 Å². The van der Waals surface area contributed by atoms with Crippen molar-refractivity contribution in [1.29, 1.82) is 0 Å². The molecule has 0 aliphatic rings. The Bertz CT molecular complexity index is 619. The largest absolute Gasteiger partial charge is 0.465 e. The fourth-order valence-electron chi connectivity index (χ4n) is 2.40. The summed E-state index contributed by atoms with van der Waals surface area (Å²) in [4.78, 5) is 36.0. The summed E-state index contributed by atoms with van der Waals surface area (Å²) in [5.74, 6) is -0.422. The van der Waals surface area contributed by atoms with Gasteiger partial charge in [-0.05, 0) is 43.7 Å². The number of likely N-dealkylation sites (N-methyl/N-ethyl adjacent to an activating group) is 1. The summed E-state index contributed by atoms with van der Waals surface area (Å²) in [6.07, 6.45) is 0. The van der Waals surface area contributed by atoms with Crippen molar-refractivity contribution in [3.05, 3.63) is 23.3 Å². The van der Waals surface area contributed by atoms with Crippen LogP contribution in [0.5, 0.6) is 5.75 Å². The Labute approximate surface area is 148 Å². The van der Waals surface area contributed by atoms with Gasteiger partial charge in [-0.15, -0.1) is 0 Å². The molecule has 25 heavy (non-hydrogen) atoms. The number of hydrogen-bond donors (Lipinski definition) is 1. The summed E-state index contributed by atoms with van der Waals surface area (Å²) in [5, 5.41) is 2.89. The first-order chi connectivity index (χ1) is 11.7. The average molecular weight is 350 g/mol. The Hall–Kier alpha value is -2.41. The minimum absolute atomic E-state index is 0.156. The predicted molar refractivity (Wildman–Crippen MR) is 94.6 cm³/mol. The number of esters is 2.